The molecule has 0 saturated carbocycles. The van der Waals surface area contributed by atoms with E-state index in [1.165, 1.54) is 23.1 Å². The van der Waals surface area contributed by atoms with Crippen molar-refractivity contribution in [2.45, 2.75) is 97.3 Å². The molecule has 5 N–H and O–H groups in total. The third-order valence-corrected chi connectivity index (χ3v) is 7.98. The Bertz CT molecular complexity index is 1290. The Hall–Kier alpha value is -3.43. The monoisotopic (exact) mass is 653 g/mol. The number of thioether (sulfide) groups is 1. The standard InChI is InChI=1S/C23H28N4O8S2.C6H15N/c1-5-6-12(13-10-36-14(25-13)7-15(28)35-23(2,3)4)18(29)26-16-19(30)27-17(21(31)32)11(8-34-22(24)33)9-37-20(16)27;1-5(2)7-6(3)4/h6,10,16,20H,5,7-9H2,1-4H3,(H2,24,33)(H,26,29)(H,31,32);5-7H,1-4H3/t16-,20-;/m1./s1. The predicted molar refractivity (Wildman–Crippen MR) is 169 cm³/mol. The van der Waals surface area contributed by atoms with Gasteiger partial charge in [-0.1, -0.05) is 40.7 Å². The van der Waals surface area contributed by atoms with Gasteiger partial charge in [-0.05, 0) is 27.2 Å². The van der Waals surface area contributed by atoms with Gasteiger partial charge in [-0.2, -0.15) is 0 Å². The molecule has 2 aliphatic rings. The molecule has 2 atom stereocenters. The summed E-state index contributed by atoms with van der Waals surface area (Å²) in [5.74, 6) is -2.75. The zero-order valence-corrected chi connectivity index (χ0v) is 28.0. The number of fused-ring (bicyclic) bond motifs is 1. The zero-order chi connectivity index (χ0) is 33.4. The molecule has 3 heterocycles. The van der Waals surface area contributed by atoms with Gasteiger partial charge in [0.15, 0.2) is 0 Å². The molecule has 0 spiro atoms. The van der Waals surface area contributed by atoms with E-state index in [9.17, 15) is 29.1 Å². The van der Waals surface area contributed by atoms with Gasteiger partial charge in [-0.25, -0.2) is 14.6 Å². The number of aliphatic carboxylic acids is 1. The Balaban J connectivity index is 0.000000860. The van der Waals surface area contributed by atoms with Crippen molar-refractivity contribution in [1.82, 2.24) is 20.5 Å². The number of primary amides is 1. The molecule has 2 aliphatic heterocycles. The van der Waals surface area contributed by atoms with E-state index in [2.05, 4.69) is 43.3 Å². The summed E-state index contributed by atoms with van der Waals surface area (Å²) in [4.78, 5) is 66.4. The number of β-lactam (4-membered cyclic amide) rings is 1. The third-order valence-electron chi connectivity index (χ3n) is 5.79. The van der Waals surface area contributed by atoms with Crippen LogP contribution in [0.5, 0.6) is 0 Å². The van der Waals surface area contributed by atoms with E-state index in [0.29, 0.717) is 29.2 Å². The molecule has 0 aromatic carbocycles. The zero-order valence-electron chi connectivity index (χ0n) is 26.4. The van der Waals surface area contributed by atoms with E-state index >= 15 is 0 Å². The van der Waals surface area contributed by atoms with Gasteiger partial charge in [0, 0.05) is 28.8 Å². The lowest BCUT2D eigenvalue weighted by Gasteiger charge is -2.49. The number of allylic oxidation sites excluding steroid dienone is 1. The number of nitrogens with one attached hydrogen (secondary N) is 2. The van der Waals surface area contributed by atoms with Crippen LogP contribution in [0.2, 0.25) is 0 Å². The van der Waals surface area contributed by atoms with E-state index in [1.807, 2.05) is 6.92 Å². The van der Waals surface area contributed by atoms with Crippen molar-refractivity contribution < 1.29 is 38.6 Å². The lowest BCUT2D eigenvalue weighted by atomic mass is 10.0. The van der Waals surface area contributed by atoms with Gasteiger partial charge < -0.3 is 30.9 Å². The number of thiazole rings is 1. The summed E-state index contributed by atoms with van der Waals surface area (Å²) < 4.78 is 10.0. The van der Waals surface area contributed by atoms with E-state index in [-0.39, 0.29) is 35.6 Å². The highest BCUT2D eigenvalue weighted by Crippen LogP contribution is 2.40. The number of amides is 3. The van der Waals surface area contributed by atoms with Crippen molar-refractivity contribution >= 4 is 58.5 Å². The lowest BCUT2D eigenvalue weighted by Crippen LogP contribution is -2.70. The summed E-state index contributed by atoms with van der Waals surface area (Å²) in [6.07, 6.45) is 1.08. The number of hydrogen-bond donors (Lipinski definition) is 4. The minimum Gasteiger partial charge on any atom is -0.477 e. The smallest absolute Gasteiger partial charge is 0.404 e. The van der Waals surface area contributed by atoms with Crippen molar-refractivity contribution in [1.29, 1.82) is 0 Å². The predicted octanol–water partition coefficient (Wildman–Crippen LogP) is 3.05. The van der Waals surface area contributed by atoms with Gasteiger partial charge in [-0.15, -0.1) is 23.1 Å². The van der Waals surface area contributed by atoms with E-state index in [4.69, 9.17) is 15.2 Å². The molecule has 0 aliphatic carbocycles. The summed E-state index contributed by atoms with van der Waals surface area (Å²) >= 11 is 2.45. The second-order valence-corrected chi connectivity index (χ2v) is 13.7. The highest BCUT2D eigenvalue weighted by Gasteiger charge is 2.54. The second kappa shape index (κ2) is 16.0. The lowest BCUT2D eigenvalue weighted by molar-refractivity contribution is -0.154. The molecule has 15 heteroatoms. The van der Waals surface area contributed by atoms with Gasteiger partial charge in [0.2, 0.25) is 0 Å². The van der Waals surface area contributed by atoms with E-state index < -0.39 is 46.9 Å². The van der Waals surface area contributed by atoms with Crippen molar-refractivity contribution in [3.63, 3.8) is 0 Å². The SMILES string of the molecule is CC(C)NC(C)C.CCC=C(C(=O)N[C@@H]1C(=O)N2C(C(=O)O)=C(COC(N)=O)CS[C@H]12)c1csc(CC(=O)OC(C)(C)C)n1. The van der Waals surface area contributed by atoms with Crippen LogP contribution >= 0.6 is 23.1 Å². The summed E-state index contributed by atoms with van der Waals surface area (Å²) in [6, 6.07) is 0.297. The first-order chi connectivity index (χ1) is 20.4. The van der Waals surface area contributed by atoms with Crippen LogP contribution in [0.25, 0.3) is 5.57 Å². The van der Waals surface area contributed by atoms with Crippen LogP contribution in [-0.4, -0.2) is 86.3 Å². The van der Waals surface area contributed by atoms with Crippen LogP contribution in [0.3, 0.4) is 0 Å². The topological polar surface area (TPSA) is 190 Å². The van der Waals surface area contributed by atoms with Crippen LogP contribution in [0.15, 0.2) is 22.7 Å². The minimum absolute atomic E-state index is 0.0379. The van der Waals surface area contributed by atoms with Gasteiger partial charge in [-0.3, -0.25) is 19.3 Å². The number of carbonyl (C=O) groups is 5. The molecule has 244 valence electrons. The Labute approximate surface area is 266 Å². The number of carboxylic acid groups (broad SMARTS) is 1. The third kappa shape index (κ3) is 10.6. The number of aromatic nitrogens is 1. The number of carbonyl (C=O) groups excluding carboxylic acids is 4. The number of hydrogen-bond acceptors (Lipinski definition) is 11. The molecule has 3 rings (SSSR count). The number of esters is 1. The number of rotatable bonds is 11. The molecule has 3 amide bonds. The molecule has 13 nitrogen and oxygen atoms in total. The van der Waals surface area contributed by atoms with Crippen LogP contribution in [0.1, 0.15) is 72.5 Å². The Morgan fingerprint density at radius 2 is 1.84 bits per heavy atom. The van der Waals surface area contributed by atoms with Gasteiger partial charge in [0.05, 0.1) is 17.7 Å². The van der Waals surface area contributed by atoms with Crippen LogP contribution in [-0.2, 0) is 35.1 Å². The van der Waals surface area contributed by atoms with Crippen molar-refractivity contribution in [2.75, 3.05) is 12.4 Å². The fourth-order valence-electron chi connectivity index (χ4n) is 4.37. The highest BCUT2D eigenvalue weighted by molar-refractivity contribution is 8.00. The molecule has 0 bridgehead atoms. The van der Waals surface area contributed by atoms with E-state index in [0.717, 1.165) is 4.90 Å². The molecular formula is C29H43N5O8S2. The van der Waals surface area contributed by atoms with Crippen molar-refractivity contribution in [3.8, 4) is 0 Å². The fraction of sp³-hybridized carbons (Fsp3) is 0.586. The second-order valence-electron chi connectivity index (χ2n) is 11.6. The van der Waals surface area contributed by atoms with Gasteiger partial charge in [0.25, 0.3) is 11.8 Å². The number of nitrogens with zero attached hydrogens (tertiary/aromatic N) is 2. The molecular weight excluding hydrogens is 610 g/mol. The molecule has 1 aromatic rings. The molecule has 1 saturated heterocycles. The number of nitrogens with two attached hydrogens (primary N) is 1. The van der Waals surface area contributed by atoms with Gasteiger partial charge in [0.1, 0.15) is 34.3 Å². The van der Waals surface area contributed by atoms with Crippen LogP contribution < -0.4 is 16.4 Å². The Morgan fingerprint density at radius 1 is 1.20 bits per heavy atom. The maximum absolute atomic E-state index is 13.1. The average molecular weight is 654 g/mol. The summed E-state index contributed by atoms with van der Waals surface area (Å²) in [5, 5.41) is 17.1. The first-order valence-electron chi connectivity index (χ1n) is 14.2. The Kier molecular flexibility index (Phi) is 13.4. The quantitative estimate of drug-likeness (QED) is 0.156. The van der Waals surface area contributed by atoms with Crippen molar-refractivity contribution in [2.24, 2.45) is 5.73 Å². The van der Waals surface area contributed by atoms with Gasteiger partial charge >= 0.3 is 18.0 Å². The number of ether oxygens (including phenoxy) is 2. The first-order valence-corrected chi connectivity index (χ1v) is 16.1. The maximum Gasteiger partial charge on any atom is 0.404 e. The first kappa shape index (κ1) is 36.8. The molecule has 44 heavy (non-hydrogen) atoms. The maximum atomic E-state index is 13.1. The fourth-order valence-corrected chi connectivity index (χ4v) is 6.48. The minimum atomic E-state index is -1.35. The molecule has 1 aromatic heterocycles. The van der Waals surface area contributed by atoms with Crippen LogP contribution in [0.4, 0.5) is 4.79 Å². The highest BCUT2D eigenvalue weighted by atomic mass is 32.2. The summed E-state index contributed by atoms with van der Waals surface area (Å²) in [7, 11) is 0. The normalized spacial score (nSPS) is 18.3. The van der Waals surface area contributed by atoms with E-state index in [1.54, 1.807) is 32.2 Å². The number of carboxylic acids is 1. The van der Waals surface area contributed by atoms with Crippen molar-refractivity contribution in [3.05, 3.63) is 33.4 Å². The average Bonchev–Trinajstić information content (AvgIpc) is 3.34. The summed E-state index contributed by atoms with van der Waals surface area (Å²) in [5.41, 5.74) is 4.89. The Morgan fingerprint density at radius 3 is 2.34 bits per heavy atom. The molecule has 0 radical (unpaired) electrons. The van der Waals surface area contributed by atoms with Crippen LogP contribution in [0, 0.1) is 0 Å². The molecule has 1 fully saturated rings. The largest absolute Gasteiger partial charge is 0.477 e. The summed E-state index contributed by atoms with van der Waals surface area (Å²) in [6.45, 7) is 15.4. The molecule has 0 unspecified atom stereocenters.